The molecule has 10 heteroatoms. The van der Waals surface area contributed by atoms with Crippen molar-refractivity contribution in [3.05, 3.63) is 58.7 Å². The second-order valence-corrected chi connectivity index (χ2v) is 9.68. The summed E-state index contributed by atoms with van der Waals surface area (Å²) in [6.45, 7) is 5.95. The Hall–Kier alpha value is -2.98. The summed E-state index contributed by atoms with van der Waals surface area (Å²) in [5, 5.41) is 10.2. The van der Waals surface area contributed by atoms with Crippen LogP contribution in [0, 0.1) is 0 Å². The SMILES string of the molecule is O=C(Cc1ccc(OCCCN2CCNCC2)cc1Cl)Nc1nc(-c2c[nH]c3ncccc23)cs1. The van der Waals surface area contributed by atoms with Gasteiger partial charge in [0, 0.05) is 66.5 Å². The molecule has 4 heterocycles. The average molecular weight is 511 g/mol. The van der Waals surface area contributed by atoms with Crippen LogP contribution in [-0.4, -0.2) is 65.1 Å². The predicted octanol–water partition coefficient (Wildman–Crippen LogP) is 4.20. The number of aromatic amines is 1. The number of thiazole rings is 1. The Kier molecular flexibility index (Phi) is 7.58. The molecule has 1 aromatic carbocycles. The Morgan fingerprint density at radius 1 is 1.26 bits per heavy atom. The van der Waals surface area contributed by atoms with Gasteiger partial charge in [0.2, 0.25) is 5.91 Å². The van der Waals surface area contributed by atoms with Crippen molar-refractivity contribution >= 4 is 45.0 Å². The van der Waals surface area contributed by atoms with Gasteiger partial charge in [-0.1, -0.05) is 17.7 Å². The van der Waals surface area contributed by atoms with Crippen LogP contribution in [-0.2, 0) is 11.2 Å². The molecule has 0 saturated carbocycles. The zero-order valence-corrected chi connectivity index (χ0v) is 20.8. The number of nitrogens with one attached hydrogen (secondary N) is 3. The van der Waals surface area contributed by atoms with Crippen molar-refractivity contribution in [2.75, 3.05) is 44.6 Å². The first-order chi connectivity index (χ1) is 17.2. The minimum absolute atomic E-state index is 0.161. The third kappa shape index (κ3) is 5.99. The molecule has 1 saturated heterocycles. The van der Waals surface area contributed by atoms with Gasteiger partial charge in [0.05, 0.1) is 18.7 Å². The third-order valence-corrected chi connectivity index (χ3v) is 7.06. The minimum atomic E-state index is -0.168. The molecular formula is C25H27ClN6O2S. The number of benzene rings is 1. The van der Waals surface area contributed by atoms with Crippen LogP contribution in [0.1, 0.15) is 12.0 Å². The number of carbonyl (C=O) groups is 1. The van der Waals surface area contributed by atoms with E-state index in [0.717, 1.165) is 72.7 Å². The first kappa shape index (κ1) is 23.7. The highest BCUT2D eigenvalue weighted by molar-refractivity contribution is 7.14. The van der Waals surface area contributed by atoms with Crippen molar-refractivity contribution < 1.29 is 9.53 Å². The van der Waals surface area contributed by atoms with Crippen LogP contribution in [0.5, 0.6) is 5.75 Å². The van der Waals surface area contributed by atoms with Gasteiger partial charge >= 0.3 is 0 Å². The van der Waals surface area contributed by atoms with Crippen molar-refractivity contribution in [1.29, 1.82) is 0 Å². The highest BCUT2D eigenvalue weighted by Gasteiger charge is 2.14. The number of piperazine rings is 1. The number of amides is 1. The molecule has 0 atom stereocenters. The van der Waals surface area contributed by atoms with E-state index in [4.69, 9.17) is 16.3 Å². The van der Waals surface area contributed by atoms with Crippen LogP contribution in [0.15, 0.2) is 48.1 Å². The summed E-state index contributed by atoms with van der Waals surface area (Å²) in [5.74, 6) is 0.551. The Morgan fingerprint density at radius 3 is 3.00 bits per heavy atom. The van der Waals surface area contributed by atoms with Gasteiger partial charge in [0.25, 0.3) is 0 Å². The first-order valence-electron chi connectivity index (χ1n) is 11.7. The van der Waals surface area contributed by atoms with Crippen molar-refractivity contribution in [1.82, 2.24) is 25.2 Å². The number of aromatic nitrogens is 3. The van der Waals surface area contributed by atoms with Gasteiger partial charge in [-0.25, -0.2) is 9.97 Å². The highest BCUT2D eigenvalue weighted by atomic mass is 35.5. The smallest absolute Gasteiger partial charge is 0.230 e. The molecule has 182 valence electrons. The summed E-state index contributed by atoms with van der Waals surface area (Å²) in [7, 11) is 0. The van der Waals surface area contributed by atoms with Gasteiger partial charge in [-0.05, 0) is 36.2 Å². The van der Waals surface area contributed by atoms with E-state index < -0.39 is 0 Å². The zero-order valence-electron chi connectivity index (χ0n) is 19.2. The largest absolute Gasteiger partial charge is 0.493 e. The molecule has 35 heavy (non-hydrogen) atoms. The van der Waals surface area contributed by atoms with Crippen molar-refractivity contribution in [2.24, 2.45) is 0 Å². The van der Waals surface area contributed by atoms with Crippen LogP contribution >= 0.6 is 22.9 Å². The van der Waals surface area contributed by atoms with Crippen LogP contribution in [0.2, 0.25) is 5.02 Å². The molecule has 5 rings (SSSR count). The Balaban J connectivity index is 1.12. The fourth-order valence-electron chi connectivity index (χ4n) is 4.13. The van der Waals surface area contributed by atoms with Gasteiger partial charge in [0.15, 0.2) is 5.13 Å². The standard InChI is InChI=1S/C25H27ClN6O2S/c26-21-14-18(34-12-2-9-32-10-7-27-8-11-32)5-4-17(21)13-23(33)31-25-30-22(16-35-25)20-15-29-24-19(20)3-1-6-28-24/h1,3-6,14-16,27H,2,7-13H2,(H,28,29)(H,30,31,33). The maximum atomic E-state index is 12.6. The van der Waals surface area contributed by atoms with Crippen LogP contribution in [0.25, 0.3) is 22.3 Å². The normalized spacial score (nSPS) is 14.3. The lowest BCUT2D eigenvalue weighted by atomic mass is 10.1. The van der Waals surface area contributed by atoms with Gasteiger partial charge in [-0.15, -0.1) is 11.3 Å². The molecule has 0 bridgehead atoms. The summed E-state index contributed by atoms with van der Waals surface area (Å²) < 4.78 is 5.86. The van der Waals surface area contributed by atoms with E-state index in [2.05, 4.69) is 30.5 Å². The summed E-state index contributed by atoms with van der Waals surface area (Å²) >= 11 is 7.83. The van der Waals surface area contributed by atoms with E-state index in [0.29, 0.717) is 16.8 Å². The monoisotopic (exact) mass is 510 g/mol. The molecule has 1 fully saturated rings. The average Bonchev–Trinajstić information content (AvgIpc) is 3.51. The topological polar surface area (TPSA) is 95.2 Å². The quantitative estimate of drug-likeness (QED) is 0.292. The molecule has 3 aromatic heterocycles. The lowest BCUT2D eigenvalue weighted by Crippen LogP contribution is -2.43. The third-order valence-electron chi connectivity index (χ3n) is 5.95. The van der Waals surface area contributed by atoms with Gasteiger partial charge in [0.1, 0.15) is 11.4 Å². The molecule has 3 N–H and O–H groups in total. The number of pyridine rings is 1. The number of hydrogen-bond acceptors (Lipinski definition) is 7. The number of carbonyl (C=O) groups excluding carboxylic acids is 1. The number of halogens is 1. The van der Waals surface area contributed by atoms with Gasteiger partial charge < -0.3 is 25.3 Å². The number of rotatable bonds is 9. The maximum Gasteiger partial charge on any atom is 0.230 e. The zero-order chi connectivity index (χ0) is 24.0. The highest BCUT2D eigenvalue weighted by Crippen LogP contribution is 2.30. The van der Waals surface area contributed by atoms with E-state index in [1.54, 1.807) is 12.3 Å². The van der Waals surface area contributed by atoms with Crippen LogP contribution in [0.3, 0.4) is 0 Å². The fourth-order valence-corrected chi connectivity index (χ4v) is 5.10. The molecule has 0 spiro atoms. The predicted molar refractivity (Wildman–Crippen MR) is 140 cm³/mol. The van der Waals surface area contributed by atoms with Crippen LogP contribution in [0.4, 0.5) is 5.13 Å². The van der Waals surface area contributed by atoms with Crippen molar-refractivity contribution in [2.45, 2.75) is 12.8 Å². The van der Waals surface area contributed by atoms with Crippen molar-refractivity contribution in [3.63, 3.8) is 0 Å². The minimum Gasteiger partial charge on any atom is -0.493 e. The molecule has 0 aliphatic carbocycles. The van der Waals surface area contributed by atoms with E-state index in [9.17, 15) is 4.79 Å². The fraction of sp³-hybridized carbons (Fsp3) is 0.320. The molecule has 1 aliphatic rings. The molecule has 4 aromatic rings. The summed E-state index contributed by atoms with van der Waals surface area (Å²) in [6, 6.07) is 9.38. The van der Waals surface area contributed by atoms with Crippen molar-refractivity contribution in [3.8, 4) is 17.0 Å². The van der Waals surface area contributed by atoms with Crippen LogP contribution < -0.4 is 15.4 Å². The second kappa shape index (κ2) is 11.2. The number of H-pyrrole nitrogens is 1. The van der Waals surface area contributed by atoms with E-state index in [-0.39, 0.29) is 12.3 Å². The number of ether oxygens (including phenoxy) is 1. The number of fused-ring (bicyclic) bond motifs is 1. The van der Waals surface area contributed by atoms with E-state index in [1.807, 2.05) is 35.8 Å². The summed E-state index contributed by atoms with van der Waals surface area (Å²) in [5.41, 5.74) is 3.30. The Morgan fingerprint density at radius 2 is 2.14 bits per heavy atom. The molecule has 0 unspecified atom stereocenters. The van der Waals surface area contributed by atoms with Gasteiger partial charge in [-0.3, -0.25) is 4.79 Å². The number of hydrogen-bond donors (Lipinski definition) is 3. The second-order valence-electron chi connectivity index (χ2n) is 8.41. The number of nitrogens with zero attached hydrogens (tertiary/aromatic N) is 3. The Bertz CT molecular complexity index is 1300. The Labute approximate surface area is 212 Å². The number of anilines is 1. The summed E-state index contributed by atoms with van der Waals surface area (Å²) in [4.78, 5) is 27.1. The van der Waals surface area contributed by atoms with E-state index >= 15 is 0 Å². The lowest BCUT2D eigenvalue weighted by Gasteiger charge is -2.26. The lowest BCUT2D eigenvalue weighted by molar-refractivity contribution is -0.115. The molecule has 0 radical (unpaired) electrons. The molecule has 1 aliphatic heterocycles. The summed E-state index contributed by atoms with van der Waals surface area (Å²) in [6.07, 6.45) is 4.75. The molecular weight excluding hydrogens is 484 g/mol. The molecule has 1 amide bonds. The van der Waals surface area contributed by atoms with Gasteiger partial charge in [-0.2, -0.15) is 0 Å². The first-order valence-corrected chi connectivity index (χ1v) is 12.9. The maximum absolute atomic E-state index is 12.6. The van der Waals surface area contributed by atoms with E-state index in [1.165, 1.54) is 11.3 Å². The molecule has 8 nitrogen and oxygen atoms in total.